The fraction of sp³-hybridized carbons (Fsp3) is 0.222. The van der Waals surface area contributed by atoms with E-state index in [2.05, 4.69) is 10.1 Å². The van der Waals surface area contributed by atoms with Crippen molar-refractivity contribution in [3.63, 3.8) is 0 Å². The second-order valence-corrected chi connectivity index (χ2v) is 6.18. The summed E-state index contributed by atoms with van der Waals surface area (Å²) in [6.45, 7) is 3.77. The maximum Gasteiger partial charge on any atom is 0.272 e. The van der Waals surface area contributed by atoms with Crippen LogP contribution in [0, 0.1) is 13.8 Å². The number of aryl methyl sites for hydroxylation is 2. The van der Waals surface area contributed by atoms with Crippen LogP contribution in [0.3, 0.4) is 0 Å². The molecule has 7 nitrogen and oxygen atoms in total. The van der Waals surface area contributed by atoms with Crippen molar-refractivity contribution in [3.05, 3.63) is 52.8 Å². The van der Waals surface area contributed by atoms with Crippen LogP contribution in [-0.2, 0) is 0 Å². The van der Waals surface area contributed by atoms with Crippen LogP contribution in [0.1, 0.15) is 32.1 Å². The number of hydrogen-bond acceptors (Lipinski definition) is 4. The predicted octanol–water partition coefficient (Wildman–Crippen LogP) is 1.81. The molecule has 7 heteroatoms. The first-order valence-electron chi connectivity index (χ1n) is 7.78. The molecule has 2 aromatic heterocycles. The number of amides is 2. The minimum absolute atomic E-state index is 0.157. The normalized spacial score (nSPS) is 10.9. The number of aromatic nitrogens is 3. The van der Waals surface area contributed by atoms with Gasteiger partial charge in [-0.25, -0.2) is 9.50 Å². The number of rotatable bonds is 3. The number of nitrogens with zero attached hydrogens (tertiary/aromatic N) is 4. The zero-order valence-electron chi connectivity index (χ0n) is 14.6. The Morgan fingerprint density at radius 1 is 1.12 bits per heavy atom. The van der Waals surface area contributed by atoms with Gasteiger partial charge < -0.3 is 10.6 Å². The van der Waals surface area contributed by atoms with Gasteiger partial charge in [-0.3, -0.25) is 9.59 Å². The van der Waals surface area contributed by atoms with Gasteiger partial charge in [0.2, 0.25) is 5.91 Å². The summed E-state index contributed by atoms with van der Waals surface area (Å²) >= 11 is 0. The van der Waals surface area contributed by atoms with E-state index in [1.807, 2.05) is 26.0 Å². The van der Waals surface area contributed by atoms with E-state index >= 15 is 0 Å². The van der Waals surface area contributed by atoms with Gasteiger partial charge in [-0.15, -0.1) is 0 Å². The number of benzene rings is 1. The first-order chi connectivity index (χ1) is 11.8. The Bertz CT molecular complexity index is 1000. The van der Waals surface area contributed by atoms with Crippen LogP contribution in [0.25, 0.3) is 16.9 Å². The molecule has 0 saturated heterocycles. The lowest BCUT2D eigenvalue weighted by atomic mass is 10.0. The highest BCUT2D eigenvalue weighted by Crippen LogP contribution is 2.24. The van der Waals surface area contributed by atoms with Crippen LogP contribution in [0.15, 0.2) is 30.3 Å². The van der Waals surface area contributed by atoms with Gasteiger partial charge >= 0.3 is 0 Å². The van der Waals surface area contributed by atoms with Gasteiger partial charge in [0.25, 0.3) is 5.91 Å². The van der Waals surface area contributed by atoms with Gasteiger partial charge in [0.05, 0.1) is 5.69 Å². The van der Waals surface area contributed by atoms with Crippen molar-refractivity contribution in [1.82, 2.24) is 19.5 Å². The Morgan fingerprint density at radius 2 is 1.84 bits per heavy atom. The van der Waals surface area contributed by atoms with E-state index in [4.69, 9.17) is 5.73 Å². The second kappa shape index (κ2) is 6.01. The molecule has 0 radical (unpaired) electrons. The molecule has 3 rings (SSSR count). The first kappa shape index (κ1) is 16.6. The lowest BCUT2D eigenvalue weighted by Gasteiger charge is -2.10. The predicted molar refractivity (Wildman–Crippen MR) is 94.4 cm³/mol. The molecule has 128 valence electrons. The van der Waals surface area contributed by atoms with Crippen molar-refractivity contribution in [2.45, 2.75) is 13.8 Å². The van der Waals surface area contributed by atoms with Crippen molar-refractivity contribution in [2.24, 2.45) is 5.73 Å². The molecular formula is C18H19N5O2. The molecule has 0 aliphatic heterocycles. The van der Waals surface area contributed by atoms with Crippen molar-refractivity contribution >= 4 is 17.5 Å². The maximum atomic E-state index is 12.2. The minimum atomic E-state index is -0.464. The minimum Gasteiger partial charge on any atom is -0.366 e. The Hall–Kier alpha value is -3.22. The zero-order chi connectivity index (χ0) is 18.3. The highest BCUT2D eigenvalue weighted by atomic mass is 16.2. The third-order valence-electron chi connectivity index (χ3n) is 4.02. The van der Waals surface area contributed by atoms with Gasteiger partial charge in [-0.2, -0.15) is 5.10 Å². The Balaban J connectivity index is 2.12. The summed E-state index contributed by atoms with van der Waals surface area (Å²) in [5, 5.41) is 4.58. The molecule has 2 amide bonds. The van der Waals surface area contributed by atoms with E-state index in [1.165, 1.54) is 4.90 Å². The standard InChI is InChI=1S/C18H19N5O2/c1-10-7-12(17(19)24)5-6-13(10)14-9-16-20-15(18(25)22(3)4)8-11(2)23(16)21-14/h5-9H,1-4H3,(H2,19,24). The topological polar surface area (TPSA) is 93.6 Å². The third-order valence-corrected chi connectivity index (χ3v) is 4.02. The summed E-state index contributed by atoms with van der Waals surface area (Å²) in [6.07, 6.45) is 0. The van der Waals surface area contributed by atoms with Gasteiger partial charge in [0.15, 0.2) is 5.65 Å². The zero-order valence-corrected chi connectivity index (χ0v) is 14.6. The lowest BCUT2D eigenvalue weighted by Crippen LogP contribution is -2.23. The Labute approximate surface area is 145 Å². The maximum absolute atomic E-state index is 12.2. The van der Waals surface area contributed by atoms with Crippen molar-refractivity contribution in [2.75, 3.05) is 14.1 Å². The van der Waals surface area contributed by atoms with E-state index in [1.54, 1.807) is 36.8 Å². The molecule has 25 heavy (non-hydrogen) atoms. The number of carbonyl (C=O) groups excluding carboxylic acids is 2. The summed E-state index contributed by atoms with van der Waals surface area (Å²) in [4.78, 5) is 29.4. The Morgan fingerprint density at radius 3 is 2.44 bits per heavy atom. The lowest BCUT2D eigenvalue weighted by molar-refractivity contribution is 0.0821. The van der Waals surface area contributed by atoms with Crippen molar-refractivity contribution in [3.8, 4) is 11.3 Å². The summed E-state index contributed by atoms with van der Waals surface area (Å²) < 4.78 is 1.70. The SMILES string of the molecule is Cc1cc(C(N)=O)ccc1-c1cc2nc(C(=O)N(C)C)cc(C)n2n1. The average Bonchev–Trinajstić information content (AvgIpc) is 2.98. The molecule has 0 bridgehead atoms. The Kier molecular flexibility index (Phi) is 4.00. The molecule has 2 N–H and O–H groups in total. The van der Waals surface area contributed by atoms with Crippen LogP contribution in [-0.4, -0.2) is 45.4 Å². The van der Waals surface area contributed by atoms with E-state index in [9.17, 15) is 9.59 Å². The monoisotopic (exact) mass is 337 g/mol. The van der Waals surface area contributed by atoms with Gasteiger partial charge in [-0.05, 0) is 37.6 Å². The quantitative estimate of drug-likeness (QED) is 0.789. The van der Waals surface area contributed by atoms with Gasteiger partial charge in [0, 0.05) is 37.0 Å². The number of nitrogens with two attached hydrogens (primary N) is 1. The van der Waals surface area contributed by atoms with Gasteiger partial charge in [-0.1, -0.05) is 6.07 Å². The highest BCUT2D eigenvalue weighted by Gasteiger charge is 2.15. The highest BCUT2D eigenvalue weighted by molar-refractivity contribution is 5.94. The number of fused-ring (bicyclic) bond motifs is 1. The van der Waals surface area contributed by atoms with E-state index in [0.29, 0.717) is 16.9 Å². The summed E-state index contributed by atoms with van der Waals surface area (Å²) in [5.41, 5.74) is 10.1. The van der Waals surface area contributed by atoms with E-state index in [-0.39, 0.29) is 5.91 Å². The second-order valence-electron chi connectivity index (χ2n) is 6.18. The summed E-state index contributed by atoms with van der Waals surface area (Å²) in [7, 11) is 3.38. The first-order valence-corrected chi connectivity index (χ1v) is 7.78. The van der Waals surface area contributed by atoms with Crippen molar-refractivity contribution < 1.29 is 9.59 Å². The van der Waals surface area contributed by atoms with Gasteiger partial charge in [0.1, 0.15) is 5.69 Å². The molecule has 0 atom stereocenters. The molecular weight excluding hydrogens is 318 g/mol. The molecule has 3 aromatic rings. The molecule has 0 aliphatic rings. The number of primary amides is 1. The summed E-state index contributed by atoms with van der Waals surface area (Å²) in [5.74, 6) is -0.621. The van der Waals surface area contributed by atoms with Crippen molar-refractivity contribution in [1.29, 1.82) is 0 Å². The molecule has 0 saturated carbocycles. The molecule has 1 aromatic carbocycles. The van der Waals surface area contributed by atoms with Crippen LogP contribution in [0.2, 0.25) is 0 Å². The number of carbonyl (C=O) groups is 2. The molecule has 0 aliphatic carbocycles. The average molecular weight is 337 g/mol. The molecule has 0 unspecified atom stereocenters. The van der Waals surface area contributed by atoms with E-state index < -0.39 is 5.91 Å². The fourth-order valence-corrected chi connectivity index (χ4v) is 2.70. The largest absolute Gasteiger partial charge is 0.366 e. The molecule has 0 fully saturated rings. The third kappa shape index (κ3) is 2.96. The van der Waals surface area contributed by atoms with Crippen LogP contribution in [0.5, 0.6) is 0 Å². The van der Waals surface area contributed by atoms with Crippen LogP contribution >= 0.6 is 0 Å². The fourth-order valence-electron chi connectivity index (χ4n) is 2.70. The number of hydrogen-bond donors (Lipinski definition) is 1. The summed E-state index contributed by atoms with van der Waals surface area (Å²) in [6, 6.07) is 8.78. The smallest absolute Gasteiger partial charge is 0.272 e. The van der Waals surface area contributed by atoms with Crippen LogP contribution in [0.4, 0.5) is 0 Å². The molecule has 0 spiro atoms. The molecule has 2 heterocycles. The van der Waals surface area contributed by atoms with Crippen LogP contribution < -0.4 is 5.73 Å². The van der Waals surface area contributed by atoms with E-state index in [0.717, 1.165) is 22.5 Å².